The molecule has 0 saturated carbocycles. The van der Waals surface area contributed by atoms with Crippen LogP contribution in [0.25, 0.3) is 0 Å². The SMILES string of the molecule is Cc1c(C#N)nnc(N2CCNC(C)C2)c1C. The predicted octanol–water partition coefficient (Wildman–Crippen LogP) is 0.763. The van der Waals surface area contributed by atoms with E-state index in [0.717, 1.165) is 36.6 Å². The van der Waals surface area contributed by atoms with Crippen molar-refractivity contribution in [3.8, 4) is 6.07 Å². The number of nitriles is 1. The van der Waals surface area contributed by atoms with Gasteiger partial charge in [0.1, 0.15) is 6.07 Å². The molecule has 0 aromatic carbocycles. The van der Waals surface area contributed by atoms with Gasteiger partial charge in [0.25, 0.3) is 0 Å². The summed E-state index contributed by atoms with van der Waals surface area (Å²) in [4.78, 5) is 2.23. The standard InChI is InChI=1S/C12H17N5/c1-8-7-17(5-4-14-8)12-10(3)9(2)11(6-13)15-16-12/h8,14H,4-5,7H2,1-3H3. The molecule has 1 aliphatic heterocycles. The maximum Gasteiger partial charge on any atom is 0.166 e. The van der Waals surface area contributed by atoms with E-state index in [-0.39, 0.29) is 0 Å². The molecule has 1 aromatic heterocycles. The Kier molecular flexibility index (Phi) is 3.25. The Balaban J connectivity index is 2.33. The Labute approximate surface area is 101 Å². The summed E-state index contributed by atoms with van der Waals surface area (Å²) in [5, 5.41) is 20.5. The smallest absolute Gasteiger partial charge is 0.166 e. The van der Waals surface area contributed by atoms with Crippen molar-refractivity contribution in [3.63, 3.8) is 0 Å². The molecule has 0 aliphatic carbocycles. The lowest BCUT2D eigenvalue weighted by molar-refractivity contribution is 0.480. The second-order valence-corrected chi connectivity index (χ2v) is 4.54. The van der Waals surface area contributed by atoms with Crippen LogP contribution < -0.4 is 10.2 Å². The Morgan fingerprint density at radius 2 is 2.12 bits per heavy atom. The lowest BCUT2D eigenvalue weighted by Gasteiger charge is -2.33. The molecule has 1 saturated heterocycles. The van der Waals surface area contributed by atoms with Crippen molar-refractivity contribution in [1.29, 1.82) is 5.26 Å². The summed E-state index contributed by atoms with van der Waals surface area (Å²) < 4.78 is 0. The number of rotatable bonds is 1. The van der Waals surface area contributed by atoms with Gasteiger partial charge in [-0.2, -0.15) is 5.26 Å². The highest BCUT2D eigenvalue weighted by atomic mass is 15.3. The first-order chi connectivity index (χ1) is 8.13. The van der Waals surface area contributed by atoms with Crippen LogP contribution in [0.4, 0.5) is 5.82 Å². The molecular formula is C12H17N5. The third kappa shape index (κ3) is 2.22. The van der Waals surface area contributed by atoms with Gasteiger partial charge in [0.15, 0.2) is 11.5 Å². The third-order valence-electron chi connectivity index (χ3n) is 3.27. The second-order valence-electron chi connectivity index (χ2n) is 4.54. The van der Waals surface area contributed by atoms with Crippen LogP contribution in [-0.2, 0) is 0 Å². The molecular weight excluding hydrogens is 214 g/mol. The van der Waals surface area contributed by atoms with E-state index < -0.39 is 0 Å². The Morgan fingerprint density at radius 3 is 2.76 bits per heavy atom. The number of nitrogens with zero attached hydrogens (tertiary/aromatic N) is 4. The molecule has 1 fully saturated rings. The van der Waals surface area contributed by atoms with Crippen LogP contribution in [0.5, 0.6) is 0 Å². The van der Waals surface area contributed by atoms with Crippen molar-refractivity contribution >= 4 is 5.82 Å². The monoisotopic (exact) mass is 231 g/mol. The minimum atomic E-state index is 0.425. The van der Waals surface area contributed by atoms with Gasteiger partial charge < -0.3 is 10.2 Å². The van der Waals surface area contributed by atoms with Crippen molar-refractivity contribution in [2.45, 2.75) is 26.8 Å². The van der Waals surface area contributed by atoms with Crippen LogP contribution in [0, 0.1) is 25.2 Å². The highest BCUT2D eigenvalue weighted by molar-refractivity contribution is 5.52. The molecule has 5 heteroatoms. The Morgan fingerprint density at radius 1 is 1.35 bits per heavy atom. The number of piperazine rings is 1. The van der Waals surface area contributed by atoms with E-state index in [1.54, 1.807) is 0 Å². The molecule has 1 unspecified atom stereocenters. The summed E-state index contributed by atoms with van der Waals surface area (Å²) in [5.41, 5.74) is 2.42. The molecule has 2 rings (SSSR count). The summed E-state index contributed by atoms with van der Waals surface area (Å²) >= 11 is 0. The van der Waals surface area contributed by atoms with E-state index in [9.17, 15) is 0 Å². The third-order valence-corrected chi connectivity index (χ3v) is 3.27. The Bertz CT molecular complexity index is 463. The quantitative estimate of drug-likeness (QED) is 0.773. The molecule has 1 N–H and O–H groups in total. The van der Waals surface area contributed by atoms with Gasteiger partial charge in [-0.1, -0.05) is 0 Å². The highest BCUT2D eigenvalue weighted by Gasteiger charge is 2.20. The number of hydrogen-bond donors (Lipinski definition) is 1. The first-order valence-electron chi connectivity index (χ1n) is 5.85. The molecule has 0 spiro atoms. The van der Waals surface area contributed by atoms with Crippen molar-refractivity contribution in [1.82, 2.24) is 15.5 Å². The minimum absolute atomic E-state index is 0.425. The van der Waals surface area contributed by atoms with E-state index in [0.29, 0.717) is 11.7 Å². The molecule has 0 radical (unpaired) electrons. The van der Waals surface area contributed by atoms with E-state index in [1.165, 1.54) is 0 Å². The lowest BCUT2D eigenvalue weighted by Crippen LogP contribution is -2.49. The van der Waals surface area contributed by atoms with E-state index in [2.05, 4.69) is 33.4 Å². The average Bonchev–Trinajstić information content (AvgIpc) is 2.32. The van der Waals surface area contributed by atoms with Crippen molar-refractivity contribution < 1.29 is 0 Å². The first-order valence-corrected chi connectivity index (χ1v) is 5.85. The van der Waals surface area contributed by atoms with Gasteiger partial charge in [-0.05, 0) is 31.9 Å². The van der Waals surface area contributed by atoms with Crippen LogP contribution in [-0.4, -0.2) is 35.9 Å². The van der Waals surface area contributed by atoms with E-state index in [4.69, 9.17) is 5.26 Å². The van der Waals surface area contributed by atoms with E-state index >= 15 is 0 Å². The summed E-state index contributed by atoms with van der Waals surface area (Å²) in [7, 11) is 0. The maximum absolute atomic E-state index is 8.91. The number of hydrogen-bond acceptors (Lipinski definition) is 5. The Hall–Kier alpha value is -1.67. The van der Waals surface area contributed by atoms with Gasteiger partial charge in [-0.15, -0.1) is 10.2 Å². The summed E-state index contributed by atoms with van der Waals surface area (Å²) in [6.07, 6.45) is 0. The summed E-state index contributed by atoms with van der Waals surface area (Å²) in [6.45, 7) is 8.92. The van der Waals surface area contributed by atoms with Crippen molar-refractivity contribution in [2.24, 2.45) is 0 Å². The van der Waals surface area contributed by atoms with Gasteiger partial charge in [0.2, 0.25) is 0 Å². The average molecular weight is 231 g/mol. The lowest BCUT2D eigenvalue weighted by atomic mass is 10.1. The molecule has 5 nitrogen and oxygen atoms in total. The topological polar surface area (TPSA) is 64.8 Å². The predicted molar refractivity (Wildman–Crippen MR) is 65.9 cm³/mol. The maximum atomic E-state index is 8.91. The molecule has 1 aromatic rings. The van der Waals surface area contributed by atoms with Gasteiger partial charge in [0.05, 0.1) is 0 Å². The zero-order valence-corrected chi connectivity index (χ0v) is 10.5. The summed E-state index contributed by atoms with van der Waals surface area (Å²) in [5.74, 6) is 0.912. The first kappa shape index (κ1) is 11.8. The van der Waals surface area contributed by atoms with Crippen molar-refractivity contribution in [3.05, 3.63) is 16.8 Å². The molecule has 90 valence electrons. The number of nitrogens with one attached hydrogen (secondary N) is 1. The molecule has 1 atom stereocenters. The van der Waals surface area contributed by atoms with Crippen molar-refractivity contribution in [2.75, 3.05) is 24.5 Å². The second kappa shape index (κ2) is 4.68. The van der Waals surface area contributed by atoms with Crippen LogP contribution in [0.2, 0.25) is 0 Å². The molecule has 0 amide bonds. The molecule has 1 aliphatic rings. The largest absolute Gasteiger partial charge is 0.352 e. The summed E-state index contributed by atoms with van der Waals surface area (Å²) in [6, 6.07) is 2.53. The van der Waals surface area contributed by atoms with Crippen LogP contribution >= 0.6 is 0 Å². The fourth-order valence-corrected chi connectivity index (χ4v) is 2.12. The minimum Gasteiger partial charge on any atom is -0.352 e. The van der Waals surface area contributed by atoms with Crippen LogP contribution in [0.15, 0.2) is 0 Å². The van der Waals surface area contributed by atoms with Gasteiger partial charge in [0, 0.05) is 25.7 Å². The van der Waals surface area contributed by atoms with Gasteiger partial charge in [-0.25, -0.2) is 0 Å². The normalized spacial score (nSPS) is 20.1. The zero-order valence-electron chi connectivity index (χ0n) is 10.5. The molecule has 0 bridgehead atoms. The van der Waals surface area contributed by atoms with E-state index in [1.807, 2.05) is 13.8 Å². The van der Waals surface area contributed by atoms with Gasteiger partial charge >= 0.3 is 0 Å². The van der Waals surface area contributed by atoms with Crippen LogP contribution in [0.1, 0.15) is 23.7 Å². The van der Waals surface area contributed by atoms with Gasteiger partial charge in [-0.3, -0.25) is 0 Å². The van der Waals surface area contributed by atoms with Crippen LogP contribution in [0.3, 0.4) is 0 Å². The number of aromatic nitrogens is 2. The fourth-order valence-electron chi connectivity index (χ4n) is 2.12. The molecule has 17 heavy (non-hydrogen) atoms. The number of anilines is 1. The fraction of sp³-hybridized carbons (Fsp3) is 0.583. The zero-order chi connectivity index (χ0) is 12.4. The highest BCUT2D eigenvalue weighted by Crippen LogP contribution is 2.21. The molecule has 2 heterocycles.